The molecular formula is C48H42N4. The van der Waals surface area contributed by atoms with E-state index >= 15 is 0 Å². The van der Waals surface area contributed by atoms with Crippen LogP contribution in [0.15, 0.2) is 146 Å². The molecule has 9 rings (SSSR count). The number of benzene rings is 6. The van der Waals surface area contributed by atoms with Crippen LogP contribution in [0.3, 0.4) is 0 Å². The molecule has 0 spiro atoms. The van der Waals surface area contributed by atoms with Crippen molar-refractivity contribution in [2.75, 3.05) is 0 Å². The lowest BCUT2D eigenvalue weighted by molar-refractivity contribution is 0.125. The largest absolute Gasteiger partial charge is 0.309 e. The topological polar surface area (TPSA) is 43.6 Å². The fraction of sp³-hybridized carbons (Fsp3) is 0.188. The smallest absolute Gasteiger partial charge is 0.164 e. The van der Waals surface area contributed by atoms with Crippen LogP contribution in [0.2, 0.25) is 0 Å². The monoisotopic (exact) mass is 674 g/mol. The van der Waals surface area contributed by atoms with Gasteiger partial charge in [-0.2, -0.15) is 0 Å². The van der Waals surface area contributed by atoms with E-state index in [0.29, 0.717) is 17.5 Å². The highest BCUT2D eigenvalue weighted by molar-refractivity contribution is 6.15. The number of fused-ring (bicyclic) bond motifs is 4. The van der Waals surface area contributed by atoms with Crippen LogP contribution in [0.5, 0.6) is 0 Å². The summed E-state index contributed by atoms with van der Waals surface area (Å²) in [5.74, 6) is 1.99. The van der Waals surface area contributed by atoms with E-state index in [1.807, 2.05) is 18.2 Å². The SMILES string of the molecule is CC1(C)c2cc(-c3ccccc3)c(-c3nc(-c4ccccc4)nc(-c4cccc5c4c4ccccc4n5-c4ccccc4)n3)cc2C(C)(C)C1(C)C. The number of nitrogens with zero attached hydrogens (tertiary/aromatic N) is 4. The molecule has 254 valence electrons. The molecule has 8 aromatic rings. The second-order valence-electron chi connectivity index (χ2n) is 15.7. The van der Waals surface area contributed by atoms with Crippen molar-refractivity contribution in [3.05, 3.63) is 157 Å². The van der Waals surface area contributed by atoms with Gasteiger partial charge in [-0.3, -0.25) is 0 Å². The standard InChI is InChI=1S/C48H42N4/c1-46(2)38-29-36(31-19-10-7-11-20-31)37(30-39(38)47(3,4)48(46,5)6)45-50-43(32-21-12-8-13-22-32)49-44(51-45)35-26-18-28-41-42(35)34-25-16-17-27-40(34)52(41)33-23-14-9-15-24-33/h7-30H,1-6H3. The molecule has 0 fully saturated rings. The molecule has 0 aliphatic heterocycles. The Morgan fingerprint density at radius 2 is 0.923 bits per heavy atom. The zero-order valence-corrected chi connectivity index (χ0v) is 30.6. The molecule has 0 radical (unpaired) electrons. The van der Waals surface area contributed by atoms with Gasteiger partial charge in [-0.25, -0.2) is 15.0 Å². The third-order valence-electron chi connectivity index (χ3n) is 12.6. The molecular weight excluding hydrogens is 633 g/mol. The molecule has 0 saturated heterocycles. The molecule has 0 saturated carbocycles. The summed E-state index contributed by atoms with van der Waals surface area (Å²) in [6.07, 6.45) is 0. The first-order valence-corrected chi connectivity index (χ1v) is 18.2. The Morgan fingerprint density at radius 1 is 0.423 bits per heavy atom. The number of para-hydroxylation sites is 2. The third kappa shape index (κ3) is 4.63. The van der Waals surface area contributed by atoms with E-state index < -0.39 is 0 Å². The van der Waals surface area contributed by atoms with Gasteiger partial charge in [0.2, 0.25) is 0 Å². The Hall–Kier alpha value is -5.87. The first kappa shape index (κ1) is 32.1. The summed E-state index contributed by atoms with van der Waals surface area (Å²) in [7, 11) is 0. The summed E-state index contributed by atoms with van der Waals surface area (Å²) in [5.41, 5.74) is 11.2. The molecule has 0 unspecified atom stereocenters. The fourth-order valence-corrected chi connectivity index (χ4v) is 8.52. The van der Waals surface area contributed by atoms with Gasteiger partial charge in [-0.15, -0.1) is 0 Å². The Balaban J connectivity index is 1.37. The van der Waals surface area contributed by atoms with Crippen LogP contribution in [-0.2, 0) is 10.8 Å². The van der Waals surface area contributed by atoms with Gasteiger partial charge >= 0.3 is 0 Å². The highest BCUT2D eigenvalue weighted by atomic mass is 15.0. The van der Waals surface area contributed by atoms with Crippen LogP contribution < -0.4 is 0 Å². The predicted molar refractivity (Wildman–Crippen MR) is 216 cm³/mol. The molecule has 4 nitrogen and oxygen atoms in total. The van der Waals surface area contributed by atoms with Crippen molar-refractivity contribution < 1.29 is 0 Å². The minimum absolute atomic E-state index is 0.0109. The van der Waals surface area contributed by atoms with Gasteiger partial charge in [0.15, 0.2) is 17.5 Å². The van der Waals surface area contributed by atoms with Gasteiger partial charge in [-0.1, -0.05) is 151 Å². The van der Waals surface area contributed by atoms with Crippen LogP contribution >= 0.6 is 0 Å². The summed E-state index contributed by atoms with van der Waals surface area (Å²) in [6, 6.07) is 51.5. The van der Waals surface area contributed by atoms with Crippen LogP contribution in [-0.4, -0.2) is 19.5 Å². The highest BCUT2D eigenvalue weighted by Gasteiger charge is 2.57. The minimum Gasteiger partial charge on any atom is -0.309 e. The summed E-state index contributed by atoms with van der Waals surface area (Å²) in [4.78, 5) is 16.0. The fourth-order valence-electron chi connectivity index (χ4n) is 8.52. The van der Waals surface area contributed by atoms with Crippen molar-refractivity contribution in [2.45, 2.75) is 52.4 Å². The molecule has 1 aliphatic carbocycles. The third-order valence-corrected chi connectivity index (χ3v) is 12.6. The zero-order chi connectivity index (χ0) is 35.8. The molecule has 4 heteroatoms. The van der Waals surface area contributed by atoms with Gasteiger partial charge in [0.05, 0.1) is 11.0 Å². The first-order chi connectivity index (χ1) is 25.1. The van der Waals surface area contributed by atoms with E-state index in [-0.39, 0.29) is 16.2 Å². The summed E-state index contributed by atoms with van der Waals surface area (Å²) < 4.78 is 2.34. The zero-order valence-electron chi connectivity index (χ0n) is 30.6. The summed E-state index contributed by atoms with van der Waals surface area (Å²) in [5, 5.41) is 2.29. The Kier molecular flexibility index (Phi) is 7.14. The minimum atomic E-state index is -0.0845. The molecule has 0 amide bonds. The Bertz CT molecular complexity index is 2630. The number of rotatable bonds is 5. The number of aromatic nitrogens is 4. The predicted octanol–water partition coefficient (Wildman–Crippen LogP) is 12.2. The van der Waals surface area contributed by atoms with Crippen LogP contribution in [0.1, 0.15) is 52.7 Å². The van der Waals surface area contributed by atoms with Crippen LogP contribution in [0, 0.1) is 5.41 Å². The van der Waals surface area contributed by atoms with Crippen molar-refractivity contribution >= 4 is 21.8 Å². The van der Waals surface area contributed by atoms with Crippen molar-refractivity contribution in [3.8, 4) is 51.0 Å². The maximum atomic E-state index is 5.44. The molecule has 2 aromatic heterocycles. The van der Waals surface area contributed by atoms with Gasteiger partial charge in [0, 0.05) is 33.2 Å². The lowest BCUT2D eigenvalue weighted by Gasteiger charge is -2.44. The molecule has 1 aliphatic rings. The van der Waals surface area contributed by atoms with Crippen molar-refractivity contribution in [3.63, 3.8) is 0 Å². The van der Waals surface area contributed by atoms with Crippen molar-refractivity contribution in [1.82, 2.24) is 19.5 Å². The number of hydrogen-bond donors (Lipinski definition) is 0. The van der Waals surface area contributed by atoms with Gasteiger partial charge < -0.3 is 4.57 Å². The summed E-state index contributed by atoms with van der Waals surface area (Å²) >= 11 is 0. The summed E-state index contributed by atoms with van der Waals surface area (Å²) in [6.45, 7) is 14.4. The van der Waals surface area contributed by atoms with E-state index in [0.717, 1.165) is 55.3 Å². The molecule has 0 atom stereocenters. The van der Waals surface area contributed by atoms with Gasteiger partial charge in [-0.05, 0) is 74.9 Å². The molecule has 52 heavy (non-hydrogen) atoms. The normalized spacial score (nSPS) is 15.6. The maximum Gasteiger partial charge on any atom is 0.164 e. The van der Waals surface area contributed by atoms with Crippen molar-refractivity contribution in [2.24, 2.45) is 5.41 Å². The van der Waals surface area contributed by atoms with E-state index in [1.54, 1.807) is 0 Å². The van der Waals surface area contributed by atoms with E-state index in [2.05, 4.69) is 174 Å². The average molecular weight is 675 g/mol. The molecule has 2 heterocycles. The van der Waals surface area contributed by atoms with Crippen molar-refractivity contribution in [1.29, 1.82) is 0 Å². The van der Waals surface area contributed by atoms with Gasteiger partial charge in [0.25, 0.3) is 0 Å². The maximum absolute atomic E-state index is 5.44. The molecule has 0 N–H and O–H groups in total. The second kappa shape index (κ2) is 11.6. The Labute approximate surface area is 305 Å². The van der Waals surface area contributed by atoms with Gasteiger partial charge in [0.1, 0.15) is 0 Å². The van der Waals surface area contributed by atoms with Crippen LogP contribution in [0.25, 0.3) is 72.8 Å². The van der Waals surface area contributed by atoms with E-state index in [9.17, 15) is 0 Å². The lowest BCUT2D eigenvalue weighted by atomic mass is 9.59. The quantitative estimate of drug-likeness (QED) is 0.182. The van der Waals surface area contributed by atoms with Crippen LogP contribution in [0.4, 0.5) is 0 Å². The number of hydrogen-bond acceptors (Lipinski definition) is 3. The highest BCUT2D eigenvalue weighted by Crippen LogP contribution is 2.62. The van der Waals surface area contributed by atoms with E-state index in [4.69, 9.17) is 15.0 Å². The van der Waals surface area contributed by atoms with E-state index in [1.165, 1.54) is 11.1 Å². The first-order valence-electron chi connectivity index (χ1n) is 18.2. The molecule has 6 aromatic carbocycles. The molecule has 0 bridgehead atoms. The average Bonchev–Trinajstić information content (AvgIpc) is 3.57. The Morgan fingerprint density at radius 3 is 1.58 bits per heavy atom. The lowest BCUT2D eigenvalue weighted by Crippen LogP contribution is -2.42. The second-order valence-corrected chi connectivity index (χ2v) is 15.7.